The van der Waals surface area contributed by atoms with Crippen LogP contribution in [0.3, 0.4) is 0 Å². The van der Waals surface area contributed by atoms with Crippen molar-refractivity contribution in [3.8, 4) is 5.75 Å². The first kappa shape index (κ1) is 16.0. The van der Waals surface area contributed by atoms with E-state index in [0.717, 1.165) is 5.01 Å². The summed E-state index contributed by atoms with van der Waals surface area (Å²) in [5.41, 5.74) is 5.54. The highest BCUT2D eigenvalue weighted by Crippen LogP contribution is 2.20. The van der Waals surface area contributed by atoms with E-state index in [9.17, 15) is 9.18 Å². The average Bonchev–Trinajstić information content (AvgIpc) is 2.88. The molecule has 2 amide bonds. The fraction of sp³-hybridized carbons (Fsp3) is 0.308. The number of hydrogen-bond acceptors (Lipinski definition) is 6. The number of nitrogen functional groups attached to an aromatic ring is 1. The highest BCUT2D eigenvalue weighted by molar-refractivity contribution is 7.15. The molecule has 1 aromatic carbocycles. The second-order valence-electron chi connectivity index (χ2n) is 4.24. The largest absolute Gasteiger partial charge is 0.494 e. The van der Waals surface area contributed by atoms with E-state index in [0.29, 0.717) is 30.5 Å². The highest BCUT2D eigenvalue weighted by Gasteiger charge is 2.08. The number of halogens is 1. The molecule has 0 fully saturated rings. The van der Waals surface area contributed by atoms with Crippen molar-refractivity contribution in [3.63, 3.8) is 0 Å². The molecule has 118 valence electrons. The van der Waals surface area contributed by atoms with Gasteiger partial charge in [0, 0.05) is 19.0 Å². The maximum atomic E-state index is 13.8. The molecule has 0 aliphatic heterocycles. The maximum absolute atomic E-state index is 13.8. The number of rotatable bonds is 6. The number of anilines is 2. The summed E-state index contributed by atoms with van der Waals surface area (Å²) in [5.74, 6) is -0.141. The molecule has 0 aliphatic rings. The van der Waals surface area contributed by atoms with Crippen molar-refractivity contribution >= 4 is 28.2 Å². The van der Waals surface area contributed by atoms with Crippen LogP contribution in [0.15, 0.2) is 18.2 Å². The van der Waals surface area contributed by atoms with Crippen molar-refractivity contribution in [2.45, 2.75) is 13.3 Å². The van der Waals surface area contributed by atoms with Crippen molar-refractivity contribution in [3.05, 3.63) is 29.0 Å². The van der Waals surface area contributed by atoms with Gasteiger partial charge in [0.05, 0.1) is 12.3 Å². The summed E-state index contributed by atoms with van der Waals surface area (Å²) in [5, 5.41) is 13.7. The summed E-state index contributed by atoms with van der Waals surface area (Å²) in [6, 6.07) is 3.77. The lowest BCUT2D eigenvalue weighted by Gasteiger charge is -2.09. The molecule has 4 N–H and O–H groups in total. The molecule has 0 radical (unpaired) electrons. The zero-order chi connectivity index (χ0) is 15.9. The Balaban J connectivity index is 1.81. The number of benzene rings is 1. The molecular weight excluding hydrogens is 309 g/mol. The van der Waals surface area contributed by atoms with E-state index in [4.69, 9.17) is 10.5 Å². The Hall–Kier alpha value is -2.42. The Morgan fingerprint density at radius 1 is 1.45 bits per heavy atom. The molecule has 0 bridgehead atoms. The minimum atomic E-state index is -0.557. The third-order valence-corrected chi connectivity index (χ3v) is 3.42. The lowest BCUT2D eigenvalue weighted by Crippen LogP contribution is -2.30. The van der Waals surface area contributed by atoms with Crippen molar-refractivity contribution < 1.29 is 13.9 Å². The van der Waals surface area contributed by atoms with Gasteiger partial charge in [0.25, 0.3) is 0 Å². The van der Waals surface area contributed by atoms with Crippen molar-refractivity contribution in [2.75, 3.05) is 24.2 Å². The standard InChI is InChI=1S/C13H16FN5O2S/c1-2-21-8-3-4-10(9(14)7-8)17-13(20)16-6-5-11-18-19-12(15)22-11/h3-4,7H,2,5-6H2,1H3,(H2,15,19)(H2,16,17,20). The molecule has 0 aliphatic carbocycles. The SMILES string of the molecule is CCOc1ccc(NC(=O)NCCc2nnc(N)s2)c(F)c1. The quantitative estimate of drug-likeness (QED) is 0.754. The second kappa shape index (κ2) is 7.55. The van der Waals surface area contributed by atoms with Crippen LogP contribution in [0.5, 0.6) is 5.75 Å². The van der Waals surface area contributed by atoms with Crippen LogP contribution in [0.25, 0.3) is 0 Å². The molecule has 1 heterocycles. The van der Waals surface area contributed by atoms with Crippen molar-refractivity contribution in [2.24, 2.45) is 0 Å². The summed E-state index contributed by atoms with van der Waals surface area (Å²) >= 11 is 1.26. The van der Waals surface area contributed by atoms with Gasteiger partial charge in [0.2, 0.25) is 5.13 Å². The number of amides is 2. The molecule has 7 nitrogen and oxygen atoms in total. The van der Waals surface area contributed by atoms with E-state index in [1.165, 1.54) is 23.5 Å². The second-order valence-corrected chi connectivity index (χ2v) is 5.33. The minimum Gasteiger partial charge on any atom is -0.494 e. The Labute approximate surface area is 130 Å². The van der Waals surface area contributed by atoms with Crippen molar-refractivity contribution in [1.29, 1.82) is 0 Å². The van der Waals surface area contributed by atoms with Crippen LogP contribution in [0.1, 0.15) is 11.9 Å². The van der Waals surface area contributed by atoms with Crippen LogP contribution in [0, 0.1) is 5.82 Å². The van der Waals surface area contributed by atoms with Gasteiger partial charge in [-0.15, -0.1) is 10.2 Å². The smallest absolute Gasteiger partial charge is 0.319 e. The number of urea groups is 1. The van der Waals surface area contributed by atoms with Crippen LogP contribution in [0.2, 0.25) is 0 Å². The van der Waals surface area contributed by atoms with Gasteiger partial charge in [0.1, 0.15) is 16.6 Å². The van der Waals surface area contributed by atoms with Gasteiger partial charge in [-0.25, -0.2) is 9.18 Å². The predicted octanol–water partition coefficient (Wildman–Crippen LogP) is 2.02. The average molecular weight is 325 g/mol. The number of ether oxygens (including phenoxy) is 1. The molecular formula is C13H16FN5O2S. The molecule has 0 saturated heterocycles. The summed E-state index contributed by atoms with van der Waals surface area (Å²) in [6.45, 7) is 2.60. The minimum absolute atomic E-state index is 0.0844. The fourth-order valence-electron chi connectivity index (χ4n) is 1.67. The van der Waals surface area contributed by atoms with Gasteiger partial charge in [-0.05, 0) is 19.1 Å². The van der Waals surface area contributed by atoms with E-state index in [1.807, 2.05) is 6.92 Å². The number of aromatic nitrogens is 2. The molecule has 0 saturated carbocycles. The van der Waals surface area contributed by atoms with E-state index >= 15 is 0 Å². The van der Waals surface area contributed by atoms with E-state index in [2.05, 4.69) is 20.8 Å². The van der Waals surface area contributed by atoms with Crippen LogP contribution < -0.4 is 21.1 Å². The van der Waals surface area contributed by atoms with Gasteiger partial charge < -0.3 is 21.1 Å². The first-order chi connectivity index (χ1) is 10.6. The predicted molar refractivity (Wildman–Crippen MR) is 82.6 cm³/mol. The number of hydrogen-bond donors (Lipinski definition) is 3. The number of nitrogens with zero attached hydrogens (tertiary/aromatic N) is 2. The summed E-state index contributed by atoms with van der Waals surface area (Å²) in [7, 11) is 0. The number of nitrogens with one attached hydrogen (secondary N) is 2. The first-order valence-electron chi connectivity index (χ1n) is 6.63. The maximum Gasteiger partial charge on any atom is 0.319 e. The van der Waals surface area contributed by atoms with Gasteiger partial charge >= 0.3 is 6.03 Å². The Morgan fingerprint density at radius 2 is 2.27 bits per heavy atom. The highest BCUT2D eigenvalue weighted by atomic mass is 32.1. The van der Waals surface area contributed by atoms with Gasteiger partial charge in [0.15, 0.2) is 0 Å². The monoisotopic (exact) mass is 325 g/mol. The third-order valence-electron chi connectivity index (χ3n) is 2.61. The van der Waals surface area contributed by atoms with Crippen LogP contribution in [0.4, 0.5) is 20.0 Å². The number of nitrogens with two attached hydrogens (primary N) is 1. The molecule has 0 spiro atoms. The molecule has 2 rings (SSSR count). The third kappa shape index (κ3) is 4.55. The summed E-state index contributed by atoms with van der Waals surface area (Å²) < 4.78 is 18.9. The molecule has 9 heteroatoms. The Bertz CT molecular complexity index is 649. The number of carbonyl (C=O) groups excluding carboxylic acids is 1. The van der Waals surface area contributed by atoms with Crippen LogP contribution in [-0.4, -0.2) is 29.4 Å². The zero-order valence-corrected chi connectivity index (χ0v) is 12.7. The topological polar surface area (TPSA) is 102 Å². The summed E-state index contributed by atoms with van der Waals surface area (Å²) in [4.78, 5) is 11.7. The summed E-state index contributed by atoms with van der Waals surface area (Å²) in [6.07, 6.45) is 0.508. The first-order valence-corrected chi connectivity index (χ1v) is 7.45. The Morgan fingerprint density at radius 3 is 2.91 bits per heavy atom. The lowest BCUT2D eigenvalue weighted by molar-refractivity contribution is 0.252. The molecule has 0 atom stereocenters. The van der Waals surface area contributed by atoms with Gasteiger partial charge in [-0.1, -0.05) is 11.3 Å². The normalized spacial score (nSPS) is 10.3. The number of carbonyl (C=O) groups is 1. The molecule has 1 aromatic heterocycles. The molecule has 0 unspecified atom stereocenters. The van der Waals surface area contributed by atoms with Crippen LogP contribution in [-0.2, 0) is 6.42 Å². The lowest BCUT2D eigenvalue weighted by atomic mass is 10.3. The van der Waals surface area contributed by atoms with Gasteiger partial charge in [-0.2, -0.15) is 0 Å². The van der Waals surface area contributed by atoms with E-state index in [1.54, 1.807) is 6.07 Å². The Kier molecular flexibility index (Phi) is 5.48. The molecule has 22 heavy (non-hydrogen) atoms. The zero-order valence-electron chi connectivity index (χ0n) is 11.9. The van der Waals surface area contributed by atoms with Crippen molar-refractivity contribution in [1.82, 2.24) is 15.5 Å². The van der Waals surface area contributed by atoms with E-state index in [-0.39, 0.29) is 5.69 Å². The molecule has 2 aromatic rings. The van der Waals surface area contributed by atoms with Gasteiger partial charge in [-0.3, -0.25) is 0 Å². The van der Waals surface area contributed by atoms with E-state index < -0.39 is 11.8 Å². The van der Waals surface area contributed by atoms with Crippen LogP contribution >= 0.6 is 11.3 Å². The fourth-order valence-corrected chi connectivity index (χ4v) is 2.28.